The van der Waals surface area contributed by atoms with Gasteiger partial charge in [0.1, 0.15) is 6.61 Å². The number of ether oxygens (including phenoxy) is 1. The van der Waals surface area contributed by atoms with Gasteiger partial charge < -0.3 is 14.5 Å². The molecule has 8 heteroatoms. The second-order valence-corrected chi connectivity index (χ2v) is 11.5. The second-order valence-electron chi connectivity index (χ2n) is 11.5. The molecular formula is C35H61N3O5. The number of piperazine rings is 1. The number of rotatable bonds is 18. The van der Waals surface area contributed by atoms with Crippen LogP contribution in [0.3, 0.4) is 0 Å². The first-order chi connectivity index (χ1) is 21.0. The number of unbranched alkanes of at least 4 members (excludes halogenated alkanes) is 3. The molecule has 2 fully saturated rings. The van der Waals surface area contributed by atoms with Gasteiger partial charge in [0.15, 0.2) is 0 Å². The van der Waals surface area contributed by atoms with E-state index in [1.807, 2.05) is 26.8 Å². The van der Waals surface area contributed by atoms with E-state index in [9.17, 15) is 14.9 Å². The third-order valence-corrected chi connectivity index (χ3v) is 8.36. The maximum absolute atomic E-state index is 11.6. The Kier molecular flexibility index (Phi) is 23.3. The van der Waals surface area contributed by atoms with Gasteiger partial charge in [-0.2, -0.15) is 0 Å². The van der Waals surface area contributed by atoms with Gasteiger partial charge in [-0.05, 0) is 56.4 Å². The summed E-state index contributed by atoms with van der Waals surface area (Å²) in [5.41, 5.74) is 1.50. The lowest BCUT2D eigenvalue weighted by atomic mass is 9.92. The Labute approximate surface area is 262 Å². The van der Waals surface area contributed by atoms with Gasteiger partial charge in [-0.15, -0.1) is 10.1 Å². The zero-order valence-electron chi connectivity index (χ0n) is 27.7. The summed E-state index contributed by atoms with van der Waals surface area (Å²) in [4.78, 5) is 30.5. The van der Waals surface area contributed by atoms with E-state index in [0.29, 0.717) is 19.4 Å². The van der Waals surface area contributed by atoms with Crippen LogP contribution < -0.4 is 0 Å². The summed E-state index contributed by atoms with van der Waals surface area (Å²) < 4.78 is 5.26. The zero-order valence-corrected chi connectivity index (χ0v) is 27.7. The first-order valence-electron chi connectivity index (χ1n) is 17.0. The number of hydrogen-bond donors (Lipinski definition) is 0. The summed E-state index contributed by atoms with van der Waals surface area (Å²) in [7, 11) is 0. The first kappa shape index (κ1) is 38.6. The van der Waals surface area contributed by atoms with Gasteiger partial charge in [-0.1, -0.05) is 102 Å². The summed E-state index contributed by atoms with van der Waals surface area (Å²) in [6, 6.07) is 10.9. The van der Waals surface area contributed by atoms with Crippen molar-refractivity contribution in [3.63, 3.8) is 0 Å². The van der Waals surface area contributed by atoms with Crippen LogP contribution in [0.2, 0.25) is 0 Å². The Balaban J connectivity index is 0.000000426. The molecular weight excluding hydrogens is 542 g/mol. The van der Waals surface area contributed by atoms with Crippen LogP contribution in [0.5, 0.6) is 0 Å². The molecule has 1 aromatic rings. The highest BCUT2D eigenvalue weighted by Gasteiger charge is 2.22. The van der Waals surface area contributed by atoms with Gasteiger partial charge in [0.25, 0.3) is 5.09 Å². The summed E-state index contributed by atoms with van der Waals surface area (Å²) in [5.74, 6) is 1.93. The largest absolute Gasteiger partial charge is 0.464 e. The molecule has 0 N–H and O–H groups in total. The second kappa shape index (κ2) is 26.0. The number of carbonyl (C=O) groups is 1. The summed E-state index contributed by atoms with van der Waals surface area (Å²) in [5, 5.41) is 9.30. The fraction of sp³-hybridized carbons (Fsp3) is 0.743. The highest BCUT2D eigenvalue weighted by Crippen LogP contribution is 2.34. The Bertz CT molecular complexity index is 843. The average molecular weight is 604 g/mol. The Hall–Kier alpha value is -2.45. The van der Waals surface area contributed by atoms with Crippen LogP contribution in [0.4, 0.5) is 0 Å². The van der Waals surface area contributed by atoms with E-state index < -0.39 is 5.09 Å². The minimum atomic E-state index is -0.750. The van der Waals surface area contributed by atoms with Gasteiger partial charge in [-0.25, -0.2) is 0 Å². The van der Waals surface area contributed by atoms with Gasteiger partial charge >= 0.3 is 5.97 Å². The monoisotopic (exact) mass is 603 g/mol. The fourth-order valence-electron chi connectivity index (χ4n) is 5.76. The van der Waals surface area contributed by atoms with Crippen LogP contribution in [0.25, 0.3) is 0 Å². The number of benzene rings is 1. The molecule has 3 rings (SSSR count). The molecule has 0 aromatic heterocycles. The summed E-state index contributed by atoms with van der Waals surface area (Å²) in [6.07, 6.45) is 18.4. The molecule has 0 spiro atoms. The molecule has 1 aromatic carbocycles. The fourth-order valence-corrected chi connectivity index (χ4v) is 5.76. The highest BCUT2D eigenvalue weighted by atomic mass is 16.9. The van der Waals surface area contributed by atoms with Crippen molar-refractivity contribution in [3.8, 4) is 0 Å². The van der Waals surface area contributed by atoms with Crippen LogP contribution >= 0.6 is 0 Å². The smallest absolute Gasteiger partial charge is 0.305 e. The lowest BCUT2D eigenvalue weighted by Crippen LogP contribution is -2.47. The highest BCUT2D eigenvalue weighted by molar-refractivity contribution is 5.69. The predicted octanol–water partition coefficient (Wildman–Crippen LogP) is 7.74. The van der Waals surface area contributed by atoms with E-state index in [1.165, 1.54) is 56.9 Å². The lowest BCUT2D eigenvalue weighted by Gasteiger charge is -2.34. The van der Waals surface area contributed by atoms with Crippen molar-refractivity contribution in [1.82, 2.24) is 9.80 Å². The Morgan fingerprint density at radius 1 is 0.953 bits per heavy atom. The van der Waals surface area contributed by atoms with Crippen molar-refractivity contribution in [2.75, 3.05) is 52.5 Å². The van der Waals surface area contributed by atoms with Gasteiger partial charge in [0.05, 0.1) is 6.61 Å². The number of allylic oxidation sites excluding steroid dienone is 2. The van der Waals surface area contributed by atoms with E-state index in [4.69, 9.17) is 4.74 Å². The minimum Gasteiger partial charge on any atom is -0.464 e. The Morgan fingerprint density at radius 3 is 2.28 bits per heavy atom. The number of nitrogens with zero attached hydrogens (tertiary/aromatic N) is 3. The van der Waals surface area contributed by atoms with E-state index in [-0.39, 0.29) is 12.6 Å². The number of hydrogen-bond acceptors (Lipinski definition) is 7. The molecule has 43 heavy (non-hydrogen) atoms. The molecule has 1 aliphatic carbocycles. The zero-order chi connectivity index (χ0) is 31.5. The topological polar surface area (TPSA) is 85.2 Å². The molecule has 8 nitrogen and oxygen atoms in total. The molecule has 246 valence electrons. The molecule has 1 saturated heterocycles. The maximum atomic E-state index is 11.6. The molecule has 1 heterocycles. The maximum Gasteiger partial charge on any atom is 0.305 e. The van der Waals surface area contributed by atoms with Crippen molar-refractivity contribution in [2.45, 2.75) is 105 Å². The standard InChI is InChI=1S/C17H26.C16H29N3O5.C2H6/c1-15-9-8-14-17(15)13-7-3-6-12-16-10-4-2-5-11-16;1-2-3-4-5-7-16(20)23-15-13-18-11-9-17(10-12-18)8-6-14-24-19(21)22;1-2/h2,4-5,10-11,15,17H,3,6-9,12-14H2,1H3;2-3H,4-15H2,1H3;1-2H3/b;3-2-;. The van der Waals surface area contributed by atoms with Crippen molar-refractivity contribution in [3.05, 3.63) is 58.2 Å². The van der Waals surface area contributed by atoms with E-state index >= 15 is 0 Å². The lowest BCUT2D eigenvalue weighted by molar-refractivity contribution is -0.757. The number of esters is 1. The number of aryl methyl sites for hydroxylation is 1. The van der Waals surface area contributed by atoms with E-state index in [2.05, 4.69) is 58.0 Å². The van der Waals surface area contributed by atoms with E-state index in [1.54, 1.807) is 0 Å². The molecule has 0 bridgehead atoms. The van der Waals surface area contributed by atoms with Crippen LogP contribution in [-0.4, -0.2) is 73.3 Å². The third-order valence-electron chi connectivity index (χ3n) is 8.36. The van der Waals surface area contributed by atoms with Crippen molar-refractivity contribution in [2.24, 2.45) is 11.8 Å². The van der Waals surface area contributed by atoms with Crippen LogP contribution in [-0.2, 0) is 20.8 Å². The SMILES string of the molecule is C/C=C\CCCC(=O)OCCN1CCN(CCCO[N+](=O)[O-])CC1.CC.CC1CCCC1CCCCCc1ccccc1. The predicted molar refractivity (Wildman–Crippen MR) is 177 cm³/mol. The van der Waals surface area contributed by atoms with Crippen molar-refractivity contribution < 1.29 is 19.5 Å². The van der Waals surface area contributed by atoms with Gasteiger partial charge in [0.2, 0.25) is 0 Å². The quantitative estimate of drug-likeness (QED) is 0.0558. The third kappa shape index (κ3) is 20.2. The van der Waals surface area contributed by atoms with Crippen LogP contribution in [0, 0.1) is 22.0 Å². The van der Waals surface area contributed by atoms with Crippen molar-refractivity contribution >= 4 is 5.97 Å². The Morgan fingerprint density at radius 2 is 1.65 bits per heavy atom. The van der Waals surface area contributed by atoms with Crippen molar-refractivity contribution in [1.29, 1.82) is 0 Å². The minimum absolute atomic E-state index is 0.121. The van der Waals surface area contributed by atoms with Gasteiger partial charge in [0, 0.05) is 45.7 Å². The normalized spacial score (nSPS) is 18.8. The summed E-state index contributed by atoms with van der Waals surface area (Å²) in [6.45, 7) is 14.3. The molecule has 0 amide bonds. The number of carbonyl (C=O) groups excluding carboxylic acids is 1. The average Bonchev–Trinajstić information content (AvgIpc) is 3.44. The summed E-state index contributed by atoms with van der Waals surface area (Å²) >= 11 is 0. The molecule has 0 radical (unpaired) electrons. The van der Waals surface area contributed by atoms with Crippen LogP contribution in [0.1, 0.15) is 104 Å². The molecule has 2 unspecified atom stereocenters. The molecule has 2 aliphatic rings. The van der Waals surface area contributed by atoms with E-state index in [0.717, 1.165) is 63.9 Å². The molecule has 2 atom stereocenters. The molecule has 1 aliphatic heterocycles. The van der Waals surface area contributed by atoms with Crippen LogP contribution in [0.15, 0.2) is 42.5 Å². The molecule has 1 saturated carbocycles. The first-order valence-corrected chi connectivity index (χ1v) is 17.0. The van der Waals surface area contributed by atoms with Gasteiger partial charge in [-0.3, -0.25) is 9.69 Å².